The molecule has 0 saturated heterocycles. The molecule has 1 aromatic heterocycles. The average molecular weight is 278 g/mol. The third-order valence-electron chi connectivity index (χ3n) is 3.00. The van der Waals surface area contributed by atoms with E-state index in [2.05, 4.69) is 24.1 Å². The van der Waals surface area contributed by atoms with Gasteiger partial charge in [-0.05, 0) is 31.4 Å². The Morgan fingerprint density at radius 1 is 1.20 bits per heavy atom. The van der Waals surface area contributed by atoms with Crippen LogP contribution in [0, 0.1) is 5.92 Å². The van der Waals surface area contributed by atoms with Crippen molar-refractivity contribution in [2.24, 2.45) is 5.92 Å². The molecular formula is C15H22N2O3. The minimum Gasteiger partial charge on any atom is -0.477 e. The van der Waals surface area contributed by atoms with Crippen molar-refractivity contribution >= 4 is 11.9 Å². The zero-order chi connectivity index (χ0) is 15.1. The number of hydrogen-bond donors (Lipinski definition) is 2. The number of nitrogens with one attached hydrogen (secondary N) is 1. The molecule has 0 bridgehead atoms. The number of aromatic nitrogens is 1. The zero-order valence-corrected chi connectivity index (χ0v) is 12.2. The molecule has 0 radical (unpaired) electrons. The van der Waals surface area contributed by atoms with Crippen molar-refractivity contribution in [3.63, 3.8) is 0 Å². The van der Waals surface area contributed by atoms with Crippen LogP contribution < -0.4 is 5.32 Å². The van der Waals surface area contributed by atoms with Gasteiger partial charge in [-0.1, -0.05) is 32.8 Å². The summed E-state index contributed by atoms with van der Waals surface area (Å²) in [4.78, 5) is 26.6. The molecule has 1 atom stereocenters. The van der Waals surface area contributed by atoms with Gasteiger partial charge in [0.2, 0.25) is 0 Å². The fourth-order valence-corrected chi connectivity index (χ4v) is 1.88. The lowest BCUT2D eigenvalue weighted by atomic mass is 10.0. The summed E-state index contributed by atoms with van der Waals surface area (Å²) in [7, 11) is 0. The van der Waals surface area contributed by atoms with Gasteiger partial charge >= 0.3 is 5.97 Å². The molecule has 1 amide bonds. The van der Waals surface area contributed by atoms with Gasteiger partial charge in [-0.15, -0.1) is 0 Å². The molecule has 5 nitrogen and oxygen atoms in total. The maximum Gasteiger partial charge on any atom is 0.354 e. The van der Waals surface area contributed by atoms with Gasteiger partial charge in [-0.2, -0.15) is 0 Å². The summed E-state index contributed by atoms with van der Waals surface area (Å²) in [5.74, 6) is -0.804. The Hall–Kier alpha value is -1.91. The van der Waals surface area contributed by atoms with Gasteiger partial charge in [-0.3, -0.25) is 4.79 Å². The number of hydrogen-bond acceptors (Lipinski definition) is 3. The molecule has 1 aromatic rings. The first-order valence-electron chi connectivity index (χ1n) is 6.91. The van der Waals surface area contributed by atoms with Crippen LogP contribution in [0.4, 0.5) is 0 Å². The number of pyridine rings is 1. The van der Waals surface area contributed by atoms with Crippen LogP contribution in [-0.2, 0) is 0 Å². The monoisotopic (exact) mass is 278 g/mol. The second kappa shape index (κ2) is 7.62. The highest BCUT2D eigenvalue weighted by atomic mass is 16.4. The standard InChI is InChI=1S/C15H22N2O3/c1-10(2)6-4-7-11(3)16-14(18)12-8-5-9-13(17-12)15(19)20/h5,8-11H,4,6-7H2,1-3H3,(H,16,18)(H,19,20). The molecule has 1 unspecified atom stereocenters. The van der Waals surface area contributed by atoms with Crippen molar-refractivity contribution < 1.29 is 14.7 Å². The zero-order valence-electron chi connectivity index (χ0n) is 12.2. The third-order valence-corrected chi connectivity index (χ3v) is 3.00. The Morgan fingerprint density at radius 2 is 1.85 bits per heavy atom. The van der Waals surface area contributed by atoms with Crippen molar-refractivity contribution in [1.82, 2.24) is 10.3 Å². The fraction of sp³-hybridized carbons (Fsp3) is 0.533. The molecule has 0 aliphatic carbocycles. The van der Waals surface area contributed by atoms with Crippen LogP contribution in [0.25, 0.3) is 0 Å². The van der Waals surface area contributed by atoms with Gasteiger partial charge in [-0.25, -0.2) is 9.78 Å². The molecule has 0 fully saturated rings. The predicted octanol–water partition coefficient (Wildman–Crippen LogP) is 2.72. The number of carbonyl (C=O) groups excluding carboxylic acids is 1. The smallest absolute Gasteiger partial charge is 0.354 e. The van der Waals surface area contributed by atoms with Crippen LogP contribution in [0.1, 0.15) is 61.0 Å². The van der Waals surface area contributed by atoms with E-state index >= 15 is 0 Å². The molecule has 0 spiro atoms. The van der Waals surface area contributed by atoms with E-state index in [4.69, 9.17) is 5.11 Å². The number of nitrogens with zero attached hydrogens (tertiary/aromatic N) is 1. The largest absolute Gasteiger partial charge is 0.477 e. The highest BCUT2D eigenvalue weighted by Gasteiger charge is 2.13. The topological polar surface area (TPSA) is 79.3 Å². The van der Waals surface area contributed by atoms with Crippen LogP contribution in [0.2, 0.25) is 0 Å². The molecule has 0 saturated carbocycles. The number of carbonyl (C=O) groups is 2. The second-order valence-corrected chi connectivity index (χ2v) is 5.41. The van der Waals surface area contributed by atoms with E-state index in [1.54, 1.807) is 0 Å². The van der Waals surface area contributed by atoms with Crippen LogP contribution in [0.15, 0.2) is 18.2 Å². The number of amides is 1. The molecule has 1 heterocycles. The number of rotatable bonds is 7. The molecule has 110 valence electrons. The SMILES string of the molecule is CC(C)CCCC(C)NC(=O)c1cccc(C(=O)O)n1. The molecule has 0 aromatic carbocycles. The summed E-state index contributed by atoms with van der Waals surface area (Å²) in [6.07, 6.45) is 3.09. The van der Waals surface area contributed by atoms with Gasteiger partial charge < -0.3 is 10.4 Å². The normalized spacial score (nSPS) is 12.2. The molecule has 0 aliphatic rings. The van der Waals surface area contributed by atoms with E-state index in [-0.39, 0.29) is 23.3 Å². The summed E-state index contributed by atoms with van der Waals surface area (Å²) < 4.78 is 0. The van der Waals surface area contributed by atoms with E-state index in [0.717, 1.165) is 19.3 Å². The first-order valence-corrected chi connectivity index (χ1v) is 6.91. The Bertz CT molecular complexity index is 472. The highest BCUT2D eigenvalue weighted by molar-refractivity contribution is 5.94. The number of carboxylic acids is 1. The van der Waals surface area contributed by atoms with E-state index in [0.29, 0.717) is 5.92 Å². The summed E-state index contributed by atoms with van der Waals surface area (Å²) in [6, 6.07) is 4.46. The lowest BCUT2D eigenvalue weighted by Gasteiger charge is -2.14. The Kier molecular flexibility index (Phi) is 6.15. The third kappa shape index (κ3) is 5.38. The lowest BCUT2D eigenvalue weighted by Crippen LogP contribution is -2.33. The van der Waals surface area contributed by atoms with Crippen LogP contribution >= 0.6 is 0 Å². The Labute approximate surface area is 119 Å². The Morgan fingerprint density at radius 3 is 2.45 bits per heavy atom. The van der Waals surface area contributed by atoms with Gasteiger partial charge in [0.1, 0.15) is 11.4 Å². The maximum atomic E-state index is 12.0. The van der Waals surface area contributed by atoms with E-state index in [9.17, 15) is 9.59 Å². The van der Waals surface area contributed by atoms with Gasteiger partial charge in [0.05, 0.1) is 0 Å². The van der Waals surface area contributed by atoms with Crippen LogP contribution in [0.3, 0.4) is 0 Å². The predicted molar refractivity (Wildman–Crippen MR) is 76.8 cm³/mol. The maximum absolute atomic E-state index is 12.0. The minimum atomic E-state index is -1.13. The molecule has 0 aliphatic heterocycles. The van der Waals surface area contributed by atoms with Gasteiger partial charge in [0, 0.05) is 6.04 Å². The van der Waals surface area contributed by atoms with Crippen LogP contribution in [0.5, 0.6) is 0 Å². The van der Waals surface area contributed by atoms with E-state index < -0.39 is 5.97 Å². The molecule has 2 N–H and O–H groups in total. The summed E-state index contributed by atoms with van der Waals surface area (Å²) in [5, 5.41) is 11.7. The van der Waals surface area contributed by atoms with Gasteiger partial charge in [0.15, 0.2) is 0 Å². The number of aromatic carboxylic acids is 1. The van der Waals surface area contributed by atoms with Crippen molar-refractivity contribution in [2.75, 3.05) is 0 Å². The van der Waals surface area contributed by atoms with Crippen molar-refractivity contribution in [2.45, 2.75) is 46.1 Å². The molecular weight excluding hydrogens is 256 g/mol. The lowest BCUT2D eigenvalue weighted by molar-refractivity contribution is 0.0690. The van der Waals surface area contributed by atoms with Crippen LogP contribution in [-0.4, -0.2) is 28.0 Å². The van der Waals surface area contributed by atoms with Crippen molar-refractivity contribution in [3.05, 3.63) is 29.6 Å². The second-order valence-electron chi connectivity index (χ2n) is 5.41. The van der Waals surface area contributed by atoms with Gasteiger partial charge in [0.25, 0.3) is 5.91 Å². The van der Waals surface area contributed by atoms with Crippen molar-refractivity contribution in [3.8, 4) is 0 Å². The van der Waals surface area contributed by atoms with E-state index in [1.807, 2.05) is 6.92 Å². The van der Waals surface area contributed by atoms with E-state index in [1.165, 1.54) is 18.2 Å². The molecule has 5 heteroatoms. The first kappa shape index (κ1) is 16.1. The molecule has 1 rings (SSSR count). The number of carboxylic acid groups (broad SMARTS) is 1. The average Bonchev–Trinajstić information content (AvgIpc) is 2.38. The fourth-order valence-electron chi connectivity index (χ4n) is 1.88. The Balaban J connectivity index is 2.53. The summed E-state index contributed by atoms with van der Waals surface area (Å²) >= 11 is 0. The van der Waals surface area contributed by atoms with Crippen molar-refractivity contribution in [1.29, 1.82) is 0 Å². The first-order chi connectivity index (χ1) is 9.40. The summed E-state index contributed by atoms with van der Waals surface area (Å²) in [5.41, 5.74) is 0.0192. The minimum absolute atomic E-state index is 0.0523. The quantitative estimate of drug-likeness (QED) is 0.803. The summed E-state index contributed by atoms with van der Waals surface area (Å²) in [6.45, 7) is 6.29. The molecule has 20 heavy (non-hydrogen) atoms. The highest BCUT2D eigenvalue weighted by Crippen LogP contribution is 2.09.